The van der Waals surface area contributed by atoms with E-state index >= 15 is 0 Å². The van der Waals surface area contributed by atoms with Crippen LogP contribution in [0.15, 0.2) is 53.6 Å². The van der Waals surface area contributed by atoms with Gasteiger partial charge in [-0.2, -0.15) is 5.26 Å². The quantitative estimate of drug-likeness (QED) is 0.874. The molecule has 0 amide bonds. The highest BCUT2D eigenvalue weighted by Gasteiger charge is 2.36. The lowest BCUT2D eigenvalue weighted by Gasteiger charge is -2.34. The third-order valence-corrected chi connectivity index (χ3v) is 6.54. The van der Waals surface area contributed by atoms with E-state index in [1.54, 1.807) is 30.5 Å². The Hall–Kier alpha value is -2.23. The van der Waals surface area contributed by atoms with Crippen LogP contribution < -0.4 is 4.72 Å². The maximum atomic E-state index is 12.8. The van der Waals surface area contributed by atoms with Crippen molar-refractivity contribution < 1.29 is 8.42 Å². The molecule has 5 nitrogen and oxygen atoms in total. The Bertz CT molecular complexity index is 874. The molecule has 1 N–H and O–H groups in total. The van der Waals surface area contributed by atoms with Crippen molar-refractivity contribution >= 4 is 10.0 Å². The largest absolute Gasteiger partial charge is 0.260 e. The fourth-order valence-corrected chi connectivity index (χ4v) is 4.95. The van der Waals surface area contributed by atoms with Gasteiger partial charge in [-0.25, -0.2) is 13.1 Å². The van der Waals surface area contributed by atoms with Gasteiger partial charge in [-0.05, 0) is 49.9 Å². The van der Waals surface area contributed by atoms with Gasteiger partial charge in [-0.1, -0.05) is 36.6 Å². The second kappa shape index (κ2) is 7.98. The molecule has 0 saturated heterocycles. The number of nitriles is 1. The maximum Gasteiger partial charge on any atom is 0.240 e. The number of pyridine rings is 1. The molecule has 3 rings (SSSR count). The van der Waals surface area contributed by atoms with E-state index in [0.717, 1.165) is 31.2 Å². The third kappa shape index (κ3) is 4.12. The van der Waals surface area contributed by atoms with Crippen LogP contribution >= 0.6 is 0 Å². The van der Waals surface area contributed by atoms with Gasteiger partial charge in [0.15, 0.2) is 0 Å². The first-order chi connectivity index (χ1) is 12.5. The van der Waals surface area contributed by atoms with Crippen molar-refractivity contribution in [3.8, 4) is 6.07 Å². The number of benzene rings is 1. The summed E-state index contributed by atoms with van der Waals surface area (Å²) >= 11 is 0. The summed E-state index contributed by atoms with van der Waals surface area (Å²) in [7, 11) is -3.61. The van der Waals surface area contributed by atoms with E-state index in [0.29, 0.717) is 5.69 Å². The maximum absolute atomic E-state index is 12.8. The molecule has 1 aromatic carbocycles. The van der Waals surface area contributed by atoms with Gasteiger partial charge in [0.05, 0.1) is 22.6 Å². The summed E-state index contributed by atoms with van der Waals surface area (Å²) < 4.78 is 28.4. The number of rotatable bonds is 5. The first-order valence-corrected chi connectivity index (χ1v) is 10.4. The molecule has 0 radical (unpaired) electrons. The van der Waals surface area contributed by atoms with Gasteiger partial charge in [0.2, 0.25) is 10.0 Å². The molecule has 3 atom stereocenters. The molecule has 1 fully saturated rings. The SMILES string of the molecule is Cc1ccc(S(=O)(=O)N[C@@H]2CCCC[C@H]2[C@H](C#N)c2ccccn2)cc1. The molecule has 1 aromatic heterocycles. The molecule has 0 bridgehead atoms. The minimum absolute atomic E-state index is 0.0797. The molecule has 1 aliphatic rings. The normalized spacial score (nSPS) is 21.7. The second-order valence-corrected chi connectivity index (χ2v) is 8.56. The van der Waals surface area contributed by atoms with E-state index in [1.807, 2.05) is 25.1 Å². The molecule has 1 saturated carbocycles. The van der Waals surface area contributed by atoms with Crippen molar-refractivity contribution in [2.24, 2.45) is 5.92 Å². The van der Waals surface area contributed by atoms with Gasteiger partial charge in [-0.15, -0.1) is 0 Å². The van der Waals surface area contributed by atoms with Crippen LogP contribution in [-0.4, -0.2) is 19.4 Å². The van der Waals surface area contributed by atoms with Crippen LogP contribution in [0.3, 0.4) is 0 Å². The molecule has 0 aliphatic heterocycles. The van der Waals surface area contributed by atoms with Crippen LogP contribution in [-0.2, 0) is 10.0 Å². The molecular weight excluding hydrogens is 346 g/mol. The molecule has 0 spiro atoms. The highest BCUT2D eigenvalue weighted by molar-refractivity contribution is 7.89. The Balaban J connectivity index is 1.85. The minimum atomic E-state index is -3.61. The summed E-state index contributed by atoms with van der Waals surface area (Å²) in [6.45, 7) is 1.92. The summed E-state index contributed by atoms with van der Waals surface area (Å²) in [5.41, 5.74) is 1.72. The number of sulfonamides is 1. The number of aryl methyl sites for hydroxylation is 1. The van der Waals surface area contributed by atoms with Crippen LogP contribution in [0.1, 0.15) is 42.9 Å². The highest BCUT2D eigenvalue weighted by atomic mass is 32.2. The fourth-order valence-electron chi connectivity index (χ4n) is 3.63. The molecular formula is C20H23N3O2S. The monoisotopic (exact) mass is 369 g/mol. The molecule has 1 aliphatic carbocycles. The summed E-state index contributed by atoms with van der Waals surface area (Å²) in [5, 5.41) is 9.73. The number of nitrogens with one attached hydrogen (secondary N) is 1. The lowest BCUT2D eigenvalue weighted by atomic mass is 9.76. The summed E-state index contributed by atoms with van der Waals surface area (Å²) in [6.07, 6.45) is 5.18. The van der Waals surface area contributed by atoms with Gasteiger partial charge < -0.3 is 0 Å². The van der Waals surface area contributed by atoms with Crippen molar-refractivity contribution in [2.45, 2.75) is 49.5 Å². The van der Waals surface area contributed by atoms with Crippen molar-refractivity contribution in [1.82, 2.24) is 9.71 Å². The van der Waals surface area contributed by atoms with Crippen LogP contribution in [0.5, 0.6) is 0 Å². The number of nitrogens with zero attached hydrogens (tertiary/aromatic N) is 2. The van der Waals surface area contributed by atoms with Crippen LogP contribution in [0.25, 0.3) is 0 Å². The number of hydrogen-bond acceptors (Lipinski definition) is 4. The predicted molar refractivity (Wildman–Crippen MR) is 99.8 cm³/mol. The second-order valence-electron chi connectivity index (χ2n) is 6.85. The first-order valence-electron chi connectivity index (χ1n) is 8.91. The minimum Gasteiger partial charge on any atom is -0.260 e. The summed E-state index contributed by atoms with van der Waals surface area (Å²) in [5.74, 6) is -0.494. The Kier molecular flexibility index (Phi) is 5.70. The topological polar surface area (TPSA) is 82.9 Å². The highest BCUT2D eigenvalue weighted by Crippen LogP contribution is 2.36. The zero-order valence-electron chi connectivity index (χ0n) is 14.8. The van der Waals surface area contributed by atoms with E-state index in [4.69, 9.17) is 0 Å². The predicted octanol–water partition coefficient (Wildman–Crippen LogP) is 3.53. The zero-order valence-corrected chi connectivity index (χ0v) is 15.6. The van der Waals surface area contributed by atoms with E-state index in [-0.39, 0.29) is 16.9 Å². The van der Waals surface area contributed by atoms with E-state index in [9.17, 15) is 13.7 Å². The average Bonchev–Trinajstić information content (AvgIpc) is 2.65. The van der Waals surface area contributed by atoms with Crippen LogP contribution in [0.2, 0.25) is 0 Å². The Morgan fingerprint density at radius 2 is 1.88 bits per heavy atom. The molecule has 26 heavy (non-hydrogen) atoms. The van der Waals surface area contributed by atoms with Gasteiger partial charge in [-0.3, -0.25) is 4.98 Å². The molecule has 136 valence electrons. The standard InChI is InChI=1S/C20H23N3O2S/c1-15-9-11-16(12-10-15)26(24,25)23-20-8-3-2-6-17(20)18(14-21)19-7-4-5-13-22-19/h4-5,7,9-13,17-18,20,23H,2-3,6,8H2,1H3/t17-,18-,20+/m0/s1. The van der Waals surface area contributed by atoms with Gasteiger partial charge >= 0.3 is 0 Å². The Morgan fingerprint density at radius 1 is 1.15 bits per heavy atom. The molecule has 0 unspecified atom stereocenters. The lowest BCUT2D eigenvalue weighted by Crippen LogP contribution is -2.44. The van der Waals surface area contributed by atoms with E-state index in [2.05, 4.69) is 15.8 Å². The van der Waals surface area contributed by atoms with Crippen molar-refractivity contribution in [3.05, 3.63) is 59.9 Å². The third-order valence-electron chi connectivity index (χ3n) is 5.03. The average molecular weight is 369 g/mol. The number of hydrogen-bond donors (Lipinski definition) is 1. The lowest BCUT2D eigenvalue weighted by molar-refractivity contribution is 0.269. The van der Waals surface area contributed by atoms with Crippen LogP contribution in [0.4, 0.5) is 0 Å². The molecule has 6 heteroatoms. The van der Waals surface area contributed by atoms with E-state index in [1.165, 1.54) is 0 Å². The van der Waals surface area contributed by atoms with Crippen LogP contribution in [0, 0.1) is 24.2 Å². The van der Waals surface area contributed by atoms with Crippen molar-refractivity contribution in [3.63, 3.8) is 0 Å². The summed E-state index contributed by atoms with van der Waals surface area (Å²) in [6, 6.07) is 14.4. The summed E-state index contributed by atoms with van der Waals surface area (Å²) in [4.78, 5) is 4.59. The Morgan fingerprint density at radius 3 is 2.54 bits per heavy atom. The van der Waals surface area contributed by atoms with E-state index < -0.39 is 15.9 Å². The van der Waals surface area contributed by atoms with Crippen molar-refractivity contribution in [1.29, 1.82) is 5.26 Å². The first kappa shape index (κ1) is 18.6. The fraction of sp³-hybridized carbons (Fsp3) is 0.400. The van der Waals surface area contributed by atoms with Gasteiger partial charge in [0.1, 0.15) is 0 Å². The zero-order chi connectivity index (χ0) is 18.6. The van der Waals surface area contributed by atoms with Crippen molar-refractivity contribution in [2.75, 3.05) is 0 Å². The number of aromatic nitrogens is 1. The molecule has 2 aromatic rings. The smallest absolute Gasteiger partial charge is 0.240 e. The molecule has 1 heterocycles. The van der Waals surface area contributed by atoms with Gasteiger partial charge in [0, 0.05) is 12.2 Å². The van der Waals surface area contributed by atoms with Gasteiger partial charge in [0.25, 0.3) is 0 Å². The Labute approximate surface area is 155 Å².